The fourth-order valence-corrected chi connectivity index (χ4v) is 5.06. The summed E-state index contributed by atoms with van der Waals surface area (Å²) in [5.74, 6) is 0.317. The van der Waals surface area contributed by atoms with Gasteiger partial charge in [0.15, 0.2) is 0 Å². The van der Waals surface area contributed by atoms with Crippen molar-refractivity contribution < 1.29 is 27.8 Å². The number of halogens is 5. The van der Waals surface area contributed by atoms with Gasteiger partial charge in [-0.2, -0.15) is 13.2 Å². The number of carbonyl (C=O) groups is 1. The fourth-order valence-electron chi connectivity index (χ4n) is 4.76. The van der Waals surface area contributed by atoms with Crippen molar-refractivity contribution in [1.29, 1.82) is 0 Å². The monoisotopic (exact) mass is 597 g/mol. The molecule has 1 atom stereocenters. The Bertz CT molecular complexity index is 1190. The SMILES string of the molecule is CC(C)CC(CN(CCCOC1=CC=CC(=CC(=O)O)C1)Cc1cccc(C(F)(F)F)c1Cl)c1ccccc1.Cl. The van der Waals surface area contributed by atoms with Crippen molar-refractivity contribution in [1.82, 2.24) is 4.90 Å². The first-order valence-corrected chi connectivity index (χ1v) is 13.5. The van der Waals surface area contributed by atoms with E-state index in [1.54, 1.807) is 18.2 Å². The summed E-state index contributed by atoms with van der Waals surface area (Å²) in [7, 11) is 0. The second-order valence-electron chi connectivity index (χ2n) is 10.2. The lowest BCUT2D eigenvalue weighted by Gasteiger charge is -2.30. The van der Waals surface area contributed by atoms with Gasteiger partial charge in [0.1, 0.15) is 5.76 Å². The highest BCUT2D eigenvalue weighted by Crippen LogP contribution is 2.37. The zero-order valence-corrected chi connectivity index (χ0v) is 24.2. The lowest BCUT2D eigenvalue weighted by atomic mass is 9.89. The molecule has 0 heterocycles. The molecule has 2 aromatic rings. The zero-order valence-electron chi connectivity index (χ0n) is 22.7. The molecule has 4 nitrogen and oxygen atoms in total. The average Bonchev–Trinajstić information content (AvgIpc) is 2.86. The van der Waals surface area contributed by atoms with Crippen molar-refractivity contribution in [2.45, 2.75) is 51.7 Å². The van der Waals surface area contributed by atoms with Crippen LogP contribution in [-0.2, 0) is 22.3 Å². The summed E-state index contributed by atoms with van der Waals surface area (Å²) in [5, 5.41) is 8.73. The molecule has 9 heteroatoms. The third-order valence-corrected chi connectivity index (χ3v) is 6.92. The molecule has 1 aliphatic carbocycles. The maximum atomic E-state index is 13.5. The molecule has 0 amide bonds. The van der Waals surface area contributed by atoms with Crippen LogP contribution in [0.4, 0.5) is 13.2 Å². The van der Waals surface area contributed by atoms with E-state index in [-0.39, 0.29) is 29.9 Å². The van der Waals surface area contributed by atoms with Gasteiger partial charge >= 0.3 is 12.1 Å². The Balaban J connectivity index is 0.00000560. The lowest BCUT2D eigenvalue weighted by molar-refractivity contribution is -0.137. The van der Waals surface area contributed by atoms with Crippen molar-refractivity contribution in [2.75, 3.05) is 19.7 Å². The van der Waals surface area contributed by atoms with E-state index in [0.717, 1.165) is 18.6 Å². The minimum atomic E-state index is -4.52. The van der Waals surface area contributed by atoms with Gasteiger partial charge in [-0.25, -0.2) is 4.79 Å². The molecular formula is C31H36Cl2F3NO3. The van der Waals surface area contributed by atoms with Crippen LogP contribution in [-0.4, -0.2) is 35.7 Å². The summed E-state index contributed by atoms with van der Waals surface area (Å²) in [4.78, 5) is 13.1. The highest BCUT2D eigenvalue weighted by atomic mass is 35.5. The van der Waals surface area contributed by atoms with Gasteiger partial charge < -0.3 is 9.84 Å². The van der Waals surface area contributed by atoms with E-state index in [4.69, 9.17) is 21.4 Å². The number of benzene rings is 2. The van der Waals surface area contributed by atoms with Crippen LogP contribution < -0.4 is 0 Å². The maximum absolute atomic E-state index is 13.5. The average molecular weight is 599 g/mol. The number of nitrogens with zero attached hydrogens (tertiary/aromatic N) is 1. The molecule has 1 aliphatic rings. The van der Waals surface area contributed by atoms with Gasteiger partial charge in [-0.3, -0.25) is 4.90 Å². The number of alkyl halides is 3. The van der Waals surface area contributed by atoms with Crippen LogP contribution in [0.2, 0.25) is 5.02 Å². The topological polar surface area (TPSA) is 49.8 Å². The number of rotatable bonds is 13. The Kier molecular flexibility index (Phi) is 13.3. The van der Waals surface area contributed by atoms with Crippen LogP contribution in [0.5, 0.6) is 0 Å². The molecule has 0 radical (unpaired) electrons. The summed E-state index contributed by atoms with van der Waals surface area (Å²) in [6.07, 6.45) is 3.91. The Labute approximate surface area is 245 Å². The Morgan fingerprint density at radius 3 is 2.52 bits per heavy atom. The van der Waals surface area contributed by atoms with Crippen LogP contribution in [0, 0.1) is 5.92 Å². The molecule has 0 aliphatic heterocycles. The summed E-state index contributed by atoms with van der Waals surface area (Å²) in [6, 6.07) is 14.2. The second-order valence-corrected chi connectivity index (χ2v) is 10.6. The molecule has 218 valence electrons. The summed E-state index contributed by atoms with van der Waals surface area (Å²) in [6.45, 7) is 6.25. The van der Waals surface area contributed by atoms with Crippen molar-refractivity contribution in [3.63, 3.8) is 0 Å². The minimum absolute atomic E-state index is 0. The smallest absolute Gasteiger partial charge is 0.417 e. The van der Waals surface area contributed by atoms with E-state index < -0.39 is 17.7 Å². The van der Waals surface area contributed by atoms with Crippen LogP contribution in [0.1, 0.15) is 55.7 Å². The summed E-state index contributed by atoms with van der Waals surface area (Å²) in [5.41, 5.74) is 1.46. The van der Waals surface area contributed by atoms with E-state index in [2.05, 4.69) is 30.9 Å². The zero-order chi connectivity index (χ0) is 28.4. The molecule has 3 rings (SSSR count). The molecule has 0 saturated carbocycles. The molecule has 1 unspecified atom stereocenters. The largest absolute Gasteiger partial charge is 0.498 e. The van der Waals surface area contributed by atoms with E-state index in [1.807, 2.05) is 24.3 Å². The third-order valence-electron chi connectivity index (χ3n) is 6.47. The van der Waals surface area contributed by atoms with Crippen LogP contribution in [0.3, 0.4) is 0 Å². The van der Waals surface area contributed by atoms with E-state index in [0.29, 0.717) is 55.4 Å². The summed E-state index contributed by atoms with van der Waals surface area (Å²) >= 11 is 6.26. The molecular weight excluding hydrogens is 562 g/mol. The van der Waals surface area contributed by atoms with Gasteiger partial charge in [-0.05, 0) is 53.5 Å². The summed E-state index contributed by atoms with van der Waals surface area (Å²) < 4.78 is 46.4. The number of carboxylic acids is 1. The third kappa shape index (κ3) is 10.7. The predicted octanol–water partition coefficient (Wildman–Crippen LogP) is 8.67. The molecule has 0 bridgehead atoms. The van der Waals surface area contributed by atoms with Crippen molar-refractivity contribution >= 4 is 30.0 Å². The number of hydrogen-bond donors (Lipinski definition) is 1. The number of carboxylic acid groups (broad SMARTS) is 1. The Hall–Kier alpha value is -2.74. The van der Waals surface area contributed by atoms with Crippen LogP contribution in [0.25, 0.3) is 0 Å². The van der Waals surface area contributed by atoms with Gasteiger partial charge in [-0.15, -0.1) is 12.4 Å². The molecule has 0 saturated heterocycles. The Morgan fingerprint density at radius 1 is 1.15 bits per heavy atom. The van der Waals surface area contributed by atoms with Crippen LogP contribution >= 0.6 is 24.0 Å². The number of aliphatic carboxylic acids is 1. The highest BCUT2D eigenvalue weighted by molar-refractivity contribution is 6.32. The second kappa shape index (κ2) is 15.9. The first kappa shape index (κ1) is 33.5. The first-order chi connectivity index (χ1) is 18.5. The van der Waals surface area contributed by atoms with Crippen molar-refractivity contribution in [3.8, 4) is 0 Å². The molecule has 2 aromatic carbocycles. The van der Waals surface area contributed by atoms with Crippen molar-refractivity contribution in [2.24, 2.45) is 5.92 Å². The van der Waals surface area contributed by atoms with E-state index >= 15 is 0 Å². The van der Waals surface area contributed by atoms with Crippen LogP contribution in [0.15, 0.2) is 84.2 Å². The minimum Gasteiger partial charge on any atom is -0.498 e. The van der Waals surface area contributed by atoms with Gasteiger partial charge in [0.2, 0.25) is 0 Å². The molecule has 0 aromatic heterocycles. The van der Waals surface area contributed by atoms with Gasteiger partial charge in [-0.1, -0.05) is 80.1 Å². The highest BCUT2D eigenvalue weighted by Gasteiger charge is 2.34. The van der Waals surface area contributed by atoms with E-state index in [1.165, 1.54) is 11.6 Å². The lowest BCUT2D eigenvalue weighted by Crippen LogP contribution is -2.31. The molecule has 0 spiro atoms. The first-order valence-electron chi connectivity index (χ1n) is 13.1. The van der Waals surface area contributed by atoms with Gasteiger partial charge in [0.05, 0.1) is 17.2 Å². The maximum Gasteiger partial charge on any atom is 0.417 e. The molecule has 1 N–H and O–H groups in total. The van der Waals surface area contributed by atoms with Gasteiger partial charge in [0, 0.05) is 32.1 Å². The number of ether oxygens (including phenoxy) is 1. The van der Waals surface area contributed by atoms with Gasteiger partial charge in [0.25, 0.3) is 0 Å². The van der Waals surface area contributed by atoms with E-state index in [9.17, 15) is 18.0 Å². The Morgan fingerprint density at radius 2 is 1.88 bits per heavy atom. The van der Waals surface area contributed by atoms with Crippen molar-refractivity contribution in [3.05, 3.63) is 106 Å². The number of hydrogen-bond acceptors (Lipinski definition) is 3. The number of allylic oxidation sites excluding steroid dienone is 4. The normalized spacial score (nSPS) is 15.2. The quantitative estimate of drug-likeness (QED) is 0.185. The molecule has 40 heavy (non-hydrogen) atoms. The standard InChI is InChI=1S/C31H35ClF3NO3.ClH/c1-22(2)17-26(24-10-4-3-5-11-24)21-36(20-25-12-7-14-28(30(25)32)31(33,34)35)15-8-16-39-27-13-6-9-23(18-27)19-29(37)38;/h3-7,9-14,19,22,26H,8,15-18,20-21H2,1-2H3,(H,37,38);1H. The predicted molar refractivity (Wildman–Crippen MR) is 156 cm³/mol. The fraction of sp³-hybridized carbons (Fsp3) is 0.387. The molecule has 0 fully saturated rings.